The molecule has 0 saturated carbocycles. The number of hydrogen-bond donors (Lipinski definition) is 2. The number of ether oxygens (including phenoxy) is 1. The number of amides is 2. The average molecular weight is 423 g/mol. The van der Waals surface area contributed by atoms with Gasteiger partial charge >= 0.3 is 0 Å². The van der Waals surface area contributed by atoms with E-state index < -0.39 is 0 Å². The number of methoxy groups -OCH3 is 1. The summed E-state index contributed by atoms with van der Waals surface area (Å²) in [5.74, 6) is 0.330. The van der Waals surface area contributed by atoms with Crippen molar-refractivity contribution in [3.63, 3.8) is 0 Å². The van der Waals surface area contributed by atoms with E-state index in [0.717, 1.165) is 23.5 Å². The molecule has 0 unspecified atom stereocenters. The predicted octanol–water partition coefficient (Wildman–Crippen LogP) is 2.80. The standard InChI is InChI=1S/C21H21N5O3S/c1-29-15-6-4-5-14(11-15)23-19(27)13-26-10-8-16-18(12-26)30-21(24-16)25-20(28)17-7-2-3-9-22-17/h2-7,9,11H,8,10,12-13H2,1H3,(H,23,27)(H,24,25,28). The number of nitrogens with one attached hydrogen (secondary N) is 2. The number of anilines is 2. The van der Waals surface area contributed by atoms with E-state index in [9.17, 15) is 9.59 Å². The molecular formula is C21H21N5O3S. The number of thiazole rings is 1. The summed E-state index contributed by atoms with van der Waals surface area (Å²) in [5.41, 5.74) is 2.02. The smallest absolute Gasteiger partial charge is 0.276 e. The van der Waals surface area contributed by atoms with E-state index in [1.54, 1.807) is 37.6 Å². The highest BCUT2D eigenvalue weighted by molar-refractivity contribution is 7.15. The SMILES string of the molecule is COc1cccc(NC(=O)CN2CCc3nc(NC(=O)c4ccccn4)sc3C2)c1. The minimum atomic E-state index is -0.281. The Bertz CT molecular complexity index is 1050. The first kappa shape index (κ1) is 20.0. The molecule has 1 aliphatic heterocycles. The largest absolute Gasteiger partial charge is 0.497 e. The Hall–Kier alpha value is -3.30. The van der Waals surface area contributed by atoms with E-state index in [0.29, 0.717) is 28.8 Å². The minimum Gasteiger partial charge on any atom is -0.497 e. The van der Waals surface area contributed by atoms with Gasteiger partial charge in [-0.05, 0) is 24.3 Å². The Labute approximate surface area is 177 Å². The fourth-order valence-corrected chi connectivity index (χ4v) is 4.25. The van der Waals surface area contributed by atoms with Crippen LogP contribution >= 0.6 is 11.3 Å². The van der Waals surface area contributed by atoms with Crippen LogP contribution in [0.15, 0.2) is 48.7 Å². The van der Waals surface area contributed by atoms with E-state index in [-0.39, 0.29) is 18.4 Å². The first-order valence-electron chi connectivity index (χ1n) is 9.48. The highest BCUT2D eigenvalue weighted by Gasteiger charge is 2.23. The summed E-state index contributed by atoms with van der Waals surface area (Å²) in [4.78, 5) is 36.4. The summed E-state index contributed by atoms with van der Waals surface area (Å²) >= 11 is 1.44. The van der Waals surface area contributed by atoms with Crippen LogP contribution in [0.25, 0.3) is 0 Å². The lowest BCUT2D eigenvalue weighted by Gasteiger charge is -2.25. The Morgan fingerprint density at radius 1 is 1.20 bits per heavy atom. The van der Waals surface area contributed by atoms with Crippen LogP contribution in [0, 0.1) is 0 Å². The first-order valence-corrected chi connectivity index (χ1v) is 10.3. The molecule has 0 fully saturated rings. The van der Waals surface area contributed by atoms with Crippen LogP contribution in [0.1, 0.15) is 21.1 Å². The molecule has 30 heavy (non-hydrogen) atoms. The molecule has 0 radical (unpaired) electrons. The fourth-order valence-electron chi connectivity index (χ4n) is 3.20. The molecule has 2 aromatic heterocycles. The van der Waals surface area contributed by atoms with Crippen molar-refractivity contribution in [2.24, 2.45) is 0 Å². The maximum Gasteiger partial charge on any atom is 0.276 e. The van der Waals surface area contributed by atoms with Gasteiger partial charge in [-0.2, -0.15) is 0 Å². The van der Waals surface area contributed by atoms with Gasteiger partial charge in [0, 0.05) is 42.3 Å². The van der Waals surface area contributed by atoms with E-state index in [1.165, 1.54) is 11.3 Å². The number of hydrogen-bond acceptors (Lipinski definition) is 7. The molecule has 0 atom stereocenters. The molecular weight excluding hydrogens is 402 g/mol. The van der Waals surface area contributed by atoms with Gasteiger partial charge in [-0.3, -0.25) is 24.8 Å². The summed E-state index contributed by atoms with van der Waals surface area (Å²) in [6.07, 6.45) is 2.31. The number of pyridine rings is 1. The van der Waals surface area contributed by atoms with Crippen LogP contribution in [0.2, 0.25) is 0 Å². The Morgan fingerprint density at radius 3 is 2.90 bits per heavy atom. The predicted molar refractivity (Wildman–Crippen MR) is 115 cm³/mol. The van der Waals surface area contributed by atoms with E-state index in [2.05, 4.69) is 25.5 Å². The van der Waals surface area contributed by atoms with Gasteiger partial charge in [0.2, 0.25) is 5.91 Å². The third-order valence-electron chi connectivity index (χ3n) is 4.65. The van der Waals surface area contributed by atoms with Crippen molar-refractivity contribution in [3.05, 3.63) is 64.9 Å². The maximum atomic E-state index is 12.4. The molecule has 154 valence electrons. The molecule has 2 N–H and O–H groups in total. The van der Waals surface area contributed by atoms with Gasteiger partial charge in [0.15, 0.2) is 5.13 Å². The molecule has 4 rings (SSSR count). The van der Waals surface area contributed by atoms with Crippen LogP contribution in [0.5, 0.6) is 5.75 Å². The molecule has 3 aromatic rings. The molecule has 1 aliphatic rings. The van der Waals surface area contributed by atoms with Crippen molar-refractivity contribution in [2.75, 3.05) is 30.8 Å². The number of aromatic nitrogens is 2. The van der Waals surface area contributed by atoms with Gasteiger partial charge < -0.3 is 10.1 Å². The van der Waals surface area contributed by atoms with E-state index in [1.807, 2.05) is 18.2 Å². The maximum absolute atomic E-state index is 12.4. The molecule has 0 aliphatic carbocycles. The topological polar surface area (TPSA) is 96.5 Å². The van der Waals surface area contributed by atoms with Gasteiger partial charge in [-0.1, -0.05) is 12.1 Å². The van der Waals surface area contributed by atoms with Crippen molar-refractivity contribution in [1.29, 1.82) is 0 Å². The molecule has 9 heteroatoms. The van der Waals surface area contributed by atoms with Crippen molar-refractivity contribution >= 4 is 34.0 Å². The zero-order valence-corrected chi connectivity index (χ0v) is 17.2. The van der Waals surface area contributed by atoms with Gasteiger partial charge in [0.25, 0.3) is 5.91 Å². The highest BCUT2D eigenvalue weighted by atomic mass is 32.1. The van der Waals surface area contributed by atoms with Gasteiger partial charge in [-0.25, -0.2) is 4.98 Å². The molecule has 0 saturated heterocycles. The monoisotopic (exact) mass is 423 g/mol. The van der Waals surface area contributed by atoms with Crippen LogP contribution < -0.4 is 15.4 Å². The summed E-state index contributed by atoms with van der Waals surface area (Å²) < 4.78 is 5.18. The summed E-state index contributed by atoms with van der Waals surface area (Å²) in [7, 11) is 1.59. The lowest BCUT2D eigenvalue weighted by molar-refractivity contribution is -0.117. The summed E-state index contributed by atoms with van der Waals surface area (Å²) in [6.45, 7) is 1.64. The zero-order valence-electron chi connectivity index (χ0n) is 16.4. The fraction of sp³-hybridized carbons (Fsp3) is 0.238. The Kier molecular flexibility index (Phi) is 6.01. The third-order valence-corrected chi connectivity index (χ3v) is 5.65. The molecule has 8 nitrogen and oxygen atoms in total. The number of benzene rings is 1. The number of carbonyl (C=O) groups is 2. The lowest BCUT2D eigenvalue weighted by Crippen LogP contribution is -2.36. The summed E-state index contributed by atoms with van der Waals surface area (Å²) in [5, 5.41) is 6.27. The van der Waals surface area contributed by atoms with Crippen LogP contribution in [0.3, 0.4) is 0 Å². The van der Waals surface area contributed by atoms with Crippen molar-refractivity contribution in [1.82, 2.24) is 14.9 Å². The number of fused-ring (bicyclic) bond motifs is 1. The molecule has 3 heterocycles. The van der Waals surface area contributed by atoms with E-state index in [4.69, 9.17) is 4.74 Å². The Balaban J connectivity index is 1.34. The van der Waals surface area contributed by atoms with Crippen LogP contribution in [0.4, 0.5) is 10.8 Å². The number of rotatable bonds is 6. The van der Waals surface area contributed by atoms with E-state index >= 15 is 0 Å². The molecule has 1 aromatic carbocycles. The van der Waals surface area contributed by atoms with Gasteiger partial charge in [0.05, 0.1) is 19.3 Å². The number of nitrogens with zero attached hydrogens (tertiary/aromatic N) is 3. The second kappa shape index (κ2) is 9.02. The Morgan fingerprint density at radius 2 is 2.10 bits per heavy atom. The molecule has 0 spiro atoms. The second-order valence-corrected chi connectivity index (χ2v) is 7.88. The third kappa shape index (κ3) is 4.81. The molecule has 0 bridgehead atoms. The van der Waals surface area contributed by atoms with Crippen molar-refractivity contribution < 1.29 is 14.3 Å². The number of carbonyl (C=O) groups excluding carboxylic acids is 2. The second-order valence-electron chi connectivity index (χ2n) is 6.80. The summed E-state index contributed by atoms with van der Waals surface area (Å²) in [6, 6.07) is 12.5. The molecule has 2 amide bonds. The van der Waals surface area contributed by atoms with Gasteiger partial charge in [0.1, 0.15) is 11.4 Å². The minimum absolute atomic E-state index is 0.0834. The van der Waals surface area contributed by atoms with Crippen molar-refractivity contribution in [2.45, 2.75) is 13.0 Å². The van der Waals surface area contributed by atoms with Crippen LogP contribution in [-0.4, -0.2) is 46.9 Å². The normalized spacial score (nSPS) is 13.4. The lowest BCUT2D eigenvalue weighted by atomic mass is 10.2. The highest BCUT2D eigenvalue weighted by Crippen LogP contribution is 2.28. The van der Waals surface area contributed by atoms with Crippen LogP contribution in [-0.2, 0) is 17.8 Å². The van der Waals surface area contributed by atoms with Crippen molar-refractivity contribution in [3.8, 4) is 5.75 Å². The average Bonchev–Trinajstić information content (AvgIpc) is 3.15. The zero-order chi connectivity index (χ0) is 20.9. The first-order chi connectivity index (χ1) is 14.6. The quantitative estimate of drug-likeness (QED) is 0.633. The van der Waals surface area contributed by atoms with Gasteiger partial charge in [-0.15, -0.1) is 11.3 Å².